The molecule has 1 aromatic carbocycles. The van der Waals surface area contributed by atoms with Crippen LogP contribution in [-0.4, -0.2) is 29.2 Å². The molecular weight excluding hydrogens is 446 g/mol. The van der Waals surface area contributed by atoms with Crippen molar-refractivity contribution in [2.45, 2.75) is 58.6 Å². The first-order valence-electron chi connectivity index (χ1n) is 11.2. The summed E-state index contributed by atoms with van der Waals surface area (Å²) >= 11 is 8.09. The number of rotatable bonds is 10. The highest BCUT2D eigenvalue weighted by molar-refractivity contribution is 7.19. The molecule has 8 heteroatoms. The SMILES string of the molecule is CCCCOC(=O)COCc1nc(NCc2ccccc2Cl)c2c3c(sc2n1)CCCC3. The summed E-state index contributed by atoms with van der Waals surface area (Å²) in [6.45, 7) is 3.10. The zero-order chi connectivity index (χ0) is 22.3. The number of unbranched alkanes of at least 4 members (excludes halogenated alkanes) is 1. The maximum atomic E-state index is 11.8. The van der Waals surface area contributed by atoms with Gasteiger partial charge in [0.2, 0.25) is 0 Å². The lowest BCUT2D eigenvalue weighted by Gasteiger charge is -2.14. The molecule has 6 nitrogen and oxygen atoms in total. The summed E-state index contributed by atoms with van der Waals surface area (Å²) < 4.78 is 10.7. The monoisotopic (exact) mass is 473 g/mol. The van der Waals surface area contributed by atoms with Crippen LogP contribution in [0.2, 0.25) is 5.02 Å². The molecule has 0 atom stereocenters. The van der Waals surface area contributed by atoms with E-state index < -0.39 is 0 Å². The van der Waals surface area contributed by atoms with Crippen LogP contribution in [0.5, 0.6) is 0 Å². The molecule has 1 N–H and O–H groups in total. The van der Waals surface area contributed by atoms with Gasteiger partial charge in [-0.3, -0.25) is 0 Å². The van der Waals surface area contributed by atoms with Crippen molar-refractivity contribution in [2.24, 2.45) is 0 Å². The van der Waals surface area contributed by atoms with Crippen molar-refractivity contribution in [1.82, 2.24) is 9.97 Å². The van der Waals surface area contributed by atoms with Gasteiger partial charge >= 0.3 is 5.97 Å². The second kappa shape index (κ2) is 11.1. The largest absolute Gasteiger partial charge is 0.464 e. The van der Waals surface area contributed by atoms with Crippen molar-refractivity contribution >= 4 is 44.9 Å². The van der Waals surface area contributed by atoms with Crippen molar-refractivity contribution in [3.63, 3.8) is 0 Å². The van der Waals surface area contributed by atoms with E-state index >= 15 is 0 Å². The van der Waals surface area contributed by atoms with Crippen LogP contribution in [0.1, 0.15) is 54.4 Å². The highest BCUT2D eigenvalue weighted by Gasteiger charge is 2.21. The lowest BCUT2D eigenvalue weighted by Crippen LogP contribution is -2.14. The lowest BCUT2D eigenvalue weighted by atomic mass is 9.97. The van der Waals surface area contributed by atoms with Gasteiger partial charge in [0.15, 0.2) is 5.82 Å². The first-order chi connectivity index (χ1) is 15.7. The summed E-state index contributed by atoms with van der Waals surface area (Å²) in [5.41, 5.74) is 2.38. The number of ether oxygens (including phenoxy) is 2. The molecule has 0 saturated heterocycles. The Balaban J connectivity index is 1.52. The van der Waals surface area contributed by atoms with Gasteiger partial charge in [0.1, 0.15) is 23.9 Å². The van der Waals surface area contributed by atoms with Crippen molar-refractivity contribution in [1.29, 1.82) is 0 Å². The van der Waals surface area contributed by atoms with Crippen LogP contribution in [-0.2, 0) is 40.3 Å². The Kier molecular flexibility index (Phi) is 7.95. The number of hydrogen-bond donors (Lipinski definition) is 1. The molecule has 3 aromatic rings. The average molecular weight is 474 g/mol. The maximum Gasteiger partial charge on any atom is 0.332 e. The number of nitrogens with zero attached hydrogens (tertiary/aromatic N) is 2. The van der Waals surface area contributed by atoms with Crippen molar-refractivity contribution in [3.05, 3.63) is 51.1 Å². The summed E-state index contributed by atoms with van der Waals surface area (Å²) in [6, 6.07) is 7.79. The third-order valence-electron chi connectivity index (χ3n) is 5.48. The summed E-state index contributed by atoms with van der Waals surface area (Å²) in [5, 5.41) is 5.31. The first kappa shape index (κ1) is 23.0. The van der Waals surface area contributed by atoms with Gasteiger partial charge < -0.3 is 14.8 Å². The number of anilines is 1. The molecule has 0 unspecified atom stereocenters. The number of carbonyl (C=O) groups excluding carboxylic acids is 1. The Hall–Kier alpha value is -2.22. The molecule has 4 rings (SSSR count). The third kappa shape index (κ3) is 5.57. The van der Waals surface area contributed by atoms with Gasteiger partial charge in [-0.15, -0.1) is 11.3 Å². The van der Waals surface area contributed by atoms with Crippen LogP contribution in [0.15, 0.2) is 24.3 Å². The molecule has 0 bridgehead atoms. The number of fused-ring (bicyclic) bond motifs is 3. The van der Waals surface area contributed by atoms with Crippen LogP contribution in [0.25, 0.3) is 10.2 Å². The minimum absolute atomic E-state index is 0.103. The van der Waals surface area contributed by atoms with Crippen LogP contribution >= 0.6 is 22.9 Å². The number of carbonyl (C=O) groups is 1. The number of nitrogens with one attached hydrogen (secondary N) is 1. The molecule has 1 aliphatic carbocycles. The summed E-state index contributed by atoms with van der Waals surface area (Å²) in [5.74, 6) is 1.00. The Labute approximate surface area is 197 Å². The number of aromatic nitrogens is 2. The van der Waals surface area contributed by atoms with Crippen LogP contribution in [0.4, 0.5) is 5.82 Å². The molecule has 0 aliphatic heterocycles. The van der Waals surface area contributed by atoms with Gasteiger partial charge in [0.05, 0.1) is 12.0 Å². The first-order valence-corrected chi connectivity index (χ1v) is 12.4. The van der Waals surface area contributed by atoms with Crippen LogP contribution < -0.4 is 5.32 Å². The van der Waals surface area contributed by atoms with Crippen molar-refractivity contribution in [2.75, 3.05) is 18.5 Å². The second-order valence-corrected chi connectivity index (χ2v) is 9.38. The van der Waals surface area contributed by atoms with E-state index in [1.54, 1.807) is 11.3 Å². The number of benzene rings is 1. The second-order valence-electron chi connectivity index (χ2n) is 7.89. The molecule has 2 heterocycles. The van der Waals surface area contributed by atoms with Gasteiger partial charge in [0, 0.05) is 16.4 Å². The van der Waals surface area contributed by atoms with E-state index in [0.717, 1.165) is 52.3 Å². The number of thiophene rings is 1. The zero-order valence-electron chi connectivity index (χ0n) is 18.3. The Morgan fingerprint density at radius 2 is 2.06 bits per heavy atom. The van der Waals surface area contributed by atoms with Crippen molar-refractivity contribution in [3.8, 4) is 0 Å². The van der Waals surface area contributed by atoms with E-state index in [1.807, 2.05) is 24.3 Å². The lowest BCUT2D eigenvalue weighted by molar-refractivity contribution is -0.149. The van der Waals surface area contributed by atoms with Gasteiger partial charge in [-0.1, -0.05) is 43.1 Å². The maximum absolute atomic E-state index is 11.8. The van der Waals surface area contributed by atoms with E-state index in [-0.39, 0.29) is 19.2 Å². The molecule has 1 aliphatic rings. The average Bonchev–Trinajstić information content (AvgIpc) is 3.17. The van der Waals surface area contributed by atoms with E-state index in [4.69, 9.17) is 31.0 Å². The summed E-state index contributed by atoms with van der Waals surface area (Å²) in [6.07, 6.45) is 6.39. The number of esters is 1. The smallest absolute Gasteiger partial charge is 0.332 e. The van der Waals surface area contributed by atoms with Crippen LogP contribution in [0.3, 0.4) is 0 Å². The van der Waals surface area contributed by atoms with Crippen molar-refractivity contribution < 1.29 is 14.3 Å². The quantitative estimate of drug-likeness (QED) is 0.301. The zero-order valence-corrected chi connectivity index (χ0v) is 19.9. The molecule has 0 amide bonds. The predicted octanol–water partition coefficient (Wildman–Crippen LogP) is 5.70. The minimum atomic E-state index is -0.358. The molecule has 0 spiro atoms. The standard InChI is InChI=1S/C24H28ClN3O3S/c1-2-3-12-31-21(29)15-30-14-20-27-23(26-13-16-8-4-6-10-18(16)25)22-17-9-5-7-11-19(17)32-24(22)28-20/h4,6,8,10H,2-3,5,7,9,11-15H2,1H3,(H,26,27,28). The Bertz CT molecular complexity index is 1090. The third-order valence-corrected chi connectivity index (χ3v) is 7.03. The highest BCUT2D eigenvalue weighted by atomic mass is 35.5. The fraction of sp³-hybridized carbons (Fsp3) is 0.458. The fourth-order valence-electron chi connectivity index (χ4n) is 3.81. The van der Waals surface area contributed by atoms with Gasteiger partial charge in [-0.2, -0.15) is 0 Å². The van der Waals surface area contributed by atoms with E-state index in [1.165, 1.54) is 23.3 Å². The highest BCUT2D eigenvalue weighted by Crippen LogP contribution is 2.38. The molecule has 0 saturated carbocycles. The number of hydrogen-bond acceptors (Lipinski definition) is 7. The molecule has 2 aromatic heterocycles. The summed E-state index contributed by atoms with van der Waals surface area (Å²) in [4.78, 5) is 23.7. The van der Waals surface area contributed by atoms with E-state index in [9.17, 15) is 4.79 Å². The van der Waals surface area contributed by atoms with Gasteiger partial charge in [-0.05, 0) is 49.3 Å². The molecule has 0 fully saturated rings. The molecular formula is C24H28ClN3O3S. The van der Waals surface area contributed by atoms with E-state index in [0.29, 0.717) is 19.0 Å². The Morgan fingerprint density at radius 1 is 1.22 bits per heavy atom. The molecule has 0 radical (unpaired) electrons. The van der Waals surface area contributed by atoms with E-state index in [2.05, 4.69) is 12.2 Å². The van der Waals surface area contributed by atoms with Gasteiger partial charge in [-0.25, -0.2) is 14.8 Å². The molecule has 32 heavy (non-hydrogen) atoms. The van der Waals surface area contributed by atoms with Gasteiger partial charge in [0.25, 0.3) is 0 Å². The summed E-state index contributed by atoms with van der Waals surface area (Å²) in [7, 11) is 0. The fourth-order valence-corrected chi connectivity index (χ4v) is 5.30. The number of halogens is 1. The van der Waals surface area contributed by atoms with Crippen LogP contribution in [0, 0.1) is 0 Å². The normalized spacial score (nSPS) is 13.2. The molecule has 170 valence electrons. The number of aryl methyl sites for hydroxylation is 2. The predicted molar refractivity (Wildman–Crippen MR) is 128 cm³/mol. The topological polar surface area (TPSA) is 73.3 Å². The Morgan fingerprint density at radius 3 is 2.91 bits per heavy atom. The minimum Gasteiger partial charge on any atom is -0.464 e.